The summed E-state index contributed by atoms with van der Waals surface area (Å²) in [7, 11) is 4.16. The number of aromatic nitrogens is 2. The highest BCUT2D eigenvalue weighted by atomic mass is 35.5. The van der Waals surface area contributed by atoms with Gasteiger partial charge in [-0.15, -0.1) is 0 Å². The quantitative estimate of drug-likeness (QED) is 0.683. The summed E-state index contributed by atoms with van der Waals surface area (Å²) in [5, 5.41) is 7.39. The van der Waals surface area contributed by atoms with E-state index in [0.717, 1.165) is 42.3 Å². The SMILES string of the molecule is Cc1ccc(Nc2cc(C3CC3)nc(NCCCN(C)C)n2)c(Cl)c1. The number of nitrogens with one attached hydrogen (secondary N) is 2. The average molecular weight is 360 g/mol. The van der Waals surface area contributed by atoms with Crippen molar-refractivity contribution in [1.29, 1.82) is 0 Å². The fourth-order valence-corrected chi connectivity index (χ4v) is 2.93. The molecule has 0 amide bonds. The molecule has 3 rings (SSSR count). The van der Waals surface area contributed by atoms with Crippen molar-refractivity contribution < 1.29 is 0 Å². The summed E-state index contributed by atoms with van der Waals surface area (Å²) in [4.78, 5) is 11.5. The second-order valence-electron chi connectivity index (χ2n) is 6.97. The molecule has 0 radical (unpaired) electrons. The predicted octanol–water partition coefficient (Wildman–Crippen LogP) is 4.42. The van der Waals surface area contributed by atoms with E-state index in [1.807, 2.05) is 31.2 Å². The molecule has 6 heteroatoms. The molecule has 0 aliphatic heterocycles. The Morgan fingerprint density at radius 2 is 2.00 bits per heavy atom. The molecule has 25 heavy (non-hydrogen) atoms. The van der Waals surface area contributed by atoms with Crippen LogP contribution in [-0.2, 0) is 0 Å². The number of halogens is 1. The van der Waals surface area contributed by atoms with Crippen LogP contribution in [0.4, 0.5) is 17.5 Å². The van der Waals surface area contributed by atoms with Gasteiger partial charge in [-0.05, 0) is 64.5 Å². The van der Waals surface area contributed by atoms with Gasteiger partial charge in [0.2, 0.25) is 5.95 Å². The Morgan fingerprint density at radius 1 is 1.20 bits per heavy atom. The molecule has 2 aromatic rings. The zero-order valence-corrected chi connectivity index (χ0v) is 15.9. The Hall–Kier alpha value is -1.85. The minimum atomic E-state index is 0.569. The molecule has 1 saturated carbocycles. The largest absolute Gasteiger partial charge is 0.354 e. The molecule has 0 bridgehead atoms. The van der Waals surface area contributed by atoms with Gasteiger partial charge in [-0.3, -0.25) is 0 Å². The first-order chi connectivity index (χ1) is 12.0. The van der Waals surface area contributed by atoms with E-state index in [2.05, 4.69) is 39.6 Å². The molecule has 0 saturated heterocycles. The molecule has 0 spiro atoms. The maximum absolute atomic E-state index is 6.34. The zero-order chi connectivity index (χ0) is 17.8. The molecule has 134 valence electrons. The first kappa shape index (κ1) is 18.0. The fraction of sp³-hybridized carbons (Fsp3) is 0.474. The number of aryl methyl sites for hydroxylation is 1. The molecular formula is C19H26ClN5. The fourth-order valence-electron chi connectivity index (χ4n) is 2.65. The number of nitrogens with zero attached hydrogens (tertiary/aromatic N) is 3. The number of benzene rings is 1. The van der Waals surface area contributed by atoms with Gasteiger partial charge < -0.3 is 15.5 Å². The maximum Gasteiger partial charge on any atom is 0.224 e. The van der Waals surface area contributed by atoms with Crippen molar-refractivity contribution in [3.63, 3.8) is 0 Å². The molecule has 1 heterocycles. The lowest BCUT2D eigenvalue weighted by atomic mass is 10.2. The first-order valence-corrected chi connectivity index (χ1v) is 9.20. The minimum absolute atomic E-state index is 0.569. The lowest BCUT2D eigenvalue weighted by molar-refractivity contribution is 0.405. The Bertz CT molecular complexity index is 728. The number of hydrogen-bond donors (Lipinski definition) is 2. The van der Waals surface area contributed by atoms with Crippen LogP contribution in [0.1, 0.15) is 36.4 Å². The Kier molecular flexibility index (Phi) is 5.76. The van der Waals surface area contributed by atoms with Crippen LogP contribution < -0.4 is 10.6 Å². The lowest BCUT2D eigenvalue weighted by Gasteiger charge is -2.13. The molecule has 1 aromatic carbocycles. The summed E-state index contributed by atoms with van der Waals surface area (Å²) in [6.07, 6.45) is 3.47. The summed E-state index contributed by atoms with van der Waals surface area (Å²) < 4.78 is 0. The summed E-state index contributed by atoms with van der Waals surface area (Å²) >= 11 is 6.34. The number of hydrogen-bond acceptors (Lipinski definition) is 5. The summed E-state index contributed by atoms with van der Waals surface area (Å²) in [5.41, 5.74) is 3.11. The molecular weight excluding hydrogens is 334 g/mol. The van der Waals surface area contributed by atoms with Crippen molar-refractivity contribution in [2.45, 2.75) is 32.1 Å². The van der Waals surface area contributed by atoms with Gasteiger partial charge in [-0.1, -0.05) is 17.7 Å². The van der Waals surface area contributed by atoms with E-state index in [1.54, 1.807) is 0 Å². The van der Waals surface area contributed by atoms with Gasteiger partial charge in [0.1, 0.15) is 5.82 Å². The third kappa shape index (κ3) is 5.31. The Balaban J connectivity index is 1.73. The van der Waals surface area contributed by atoms with Gasteiger partial charge in [0.15, 0.2) is 0 Å². The van der Waals surface area contributed by atoms with Crippen molar-refractivity contribution in [1.82, 2.24) is 14.9 Å². The molecule has 1 aromatic heterocycles. The molecule has 5 nitrogen and oxygen atoms in total. The second kappa shape index (κ2) is 8.02. The topological polar surface area (TPSA) is 53.1 Å². The average Bonchev–Trinajstić information content (AvgIpc) is 3.39. The van der Waals surface area contributed by atoms with Crippen LogP contribution in [0, 0.1) is 6.92 Å². The highest BCUT2D eigenvalue weighted by Crippen LogP contribution is 2.40. The first-order valence-electron chi connectivity index (χ1n) is 8.82. The van der Waals surface area contributed by atoms with E-state index < -0.39 is 0 Å². The van der Waals surface area contributed by atoms with Gasteiger partial charge in [0.25, 0.3) is 0 Å². The van der Waals surface area contributed by atoms with E-state index in [0.29, 0.717) is 16.9 Å². The van der Waals surface area contributed by atoms with Crippen molar-refractivity contribution in [2.75, 3.05) is 37.8 Å². The van der Waals surface area contributed by atoms with Gasteiger partial charge in [-0.2, -0.15) is 4.98 Å². The van der Waals surface area contributed by atoms with Crippen molar-refractivity contribution in [2.24, 2.45) is 0 Å². The van der Waals surface area contributed by atoms with Crippen LogP contribution in [0.3, 0.4) is 0 Å². The summed E-state index contributed by atoms with van der Waals surface area (Å²) in [6, 6.07) is 8.02. The molecule has 1 aliphatic carbocycles. The minimum Gasteiger partial charge on any atom is -0.354 e. The van der Waals surface area contributed by atoms with Crippen LogP contribution in [0.25, 0.3) is 0 Å². The molecule has 0 atom stereocenters. The van der Waals surface area contributed by atoms with Crippen LogP contribution in [0.2, 0.25) is 5.02 Å². The standard InChI is InChI=1S/C19H26ClN5/c1-13-5-8-16(15(20)11-13)22-18-12-17(14-6-7-14)23-19(24-18)21-9-4-10-25(2)3/h5,8,11-12,14H,4,6-7,9-10H2,1-3H3,(H2,21,22,23,24). The second-order valence-corrected chi connectivity index (χ2v) is 7.38. The molecule has 1 fully saturated rings. The van der Waals surface area contributed by atoms with Crippen molar-refractivity contribution in [3.05, 3.63) is 40.5 Å². The van der Waals surface area contributed by atoms with E-state index >= 15 is 0 Å². The van der Waals surface area contributed by atoms with Gasteiger partial charge in [-0.25, -0.2) is 4.98 Å². The molecule has 2 N–H and O–H groups in total. The molecule has 0 unspecified atom stereocenters. The predicted molar refractivity (Wildman–Crippen MR) is 105 cm³/mol. The van der Waals surface area contributed by atoms with Crippen LogP contribution in [0.5, 0.6) is 0 Å². The van der Waals surface area contributed by atoms with Gasteiger partial charge in [0.05, 0.1) is 16.4 Å². The normalized spacial score (nSPS) is 14.0. The zero-order valence-electron chi connectivity index (χ0n) is 15.1. The van der Waals surface area contributed by atoms with E-state index in [-0.39, 0.29) is 0 Å². The van der Waals surface area contributed by atoms with Gasteiger partial charge >= 0.3 is 0 Å². The van der Waals surface area contributed by atoms with Crippen LogP contribution in [0.15, 0.2) is 24.3 Å². The van der Waals surface area contributed by atoms with Gasteiger partial charge in [0, 0.05) is 18.5 Å². The third-order valence-corrected chi connectivity index (χ3v) is 4.51. The third-order valence-electron chi connectivity index (χ3n) is 4.19. The monoisotopic (exact) mass is 359 g/mol. The highest BCUT2D eigenvalue weighted by molar-refractivity contribution is 6.33. The summed E-state index contributed by atoms with van der Waals surface area (Å²) in [5.74, 6) is 2.05. The van der Waals surface area contributed by atoms with E-state index in [1.165, 1.54) is 12.8 Å². The van der Waals surface area contributed by atoms with Crippen LogP contribution >= 0.6 is 11.6 Å². The number of rotatable bonds is 8. The van der Waals surface area contributed by atoms with E-state index in [9.17, 15) is 0 Å². The maximum atomic E-state index is 6.34. The lowest BCUT2D eigenvalue weighted by Crippen LogP contribution is -2.17. The van der Waals surface area contributed by atoms with Crippen molar-refractivity contribution in [3.8, 4) is 0 Å². The van der Waals surface area contributed by atoms with Crippen LogP contribution in [-0.4, -0.2) is 42.1 Å². The smallest absolute Gasteiger partial charge is 0.224 e. The Morgan fingerprint density at radius 3 is 2.68 bits per heavy atom. The molecule has 1 aliphatic rings. The highest BCUT2D eigenvalue weighted by Gasteiger charge is 2.26. The van der Waals surface area contributed by atoms with Crippen molar-refractivity contribution >= 4 is 29.1 Å². The number of anilines is 3. The summed E-state index contributed by atoms with van der Waals surface area (Å²) in [6.45, 7) is 3.93. The Labute approximate surface area is 154 Å². The van der Waals surface area contributed by atoms with E-state index in [4.69, 9.17) is 11.6 Å².